The van der Waals surface area contributed by atoms with Gasteiger partial charge in [-0.25, -0.2) is 0 Å². The van der Waals surface area contributed by atoms with Gasteiger partial charge in [0, 0.05) is 33.4 Å². The van der Waals surface area contributed by atoms with Crippen molar-refractivity contribution in [2.75, 3.05) is 11.5 Å². The third-order valence-electron chi connectivity index (χ3n) is 6.65. The van der Waals surface area contributed by atoms with E-state index in [0.717, 1.165) is 33.3 Å². The summed E-state index contributed by atoms with van der Waals surface area (Å²) < 4.78 is 5.60. The van der Waals surface area contributed by atoms with Crippen molar-refractivity contribution in [2.45, 2.75) is 33.7 Å². The molecule has 1 fully saturated rings. The van der Waals surface area contributed by atoms with Crippen LogP contribution in [0, 0.1) is 20.8 Å². The van der Waals surface area contributed by atoms with Crippen molar-refractivity contribution < 1.29 is 19.4 Å². The van der Waals surface area contributed by atoms with E-state index in [9.17, 15) is 14.7 Å². The number of amides is 1. The summed E-state index contributed by atoms with van der Waals surface area (Å²) in [5.41, 5.74) is 5.12. The van der Waals surface area contributed by atoms with E-state index in [-0.39, 0.29) is 21.9 Å². The molecular formula is C30H27ClN2O4. The second kappa shape index (κ2) is 9.45. The number of aromatic amines is 1. The van der Waals surface area contributed by atoms with E-state index in [1.165, 1.54) is 4.90 Å². The molecule has 2 heterocycles. The summed E-state index contributed by atoms with van der Waals surface area (Å²) in [7, 11) is 0. The van der Waals surface area contributed by atoms with Crippen LogP contribution in [-0.4, -0.2) is 28.4 Å². The lowest BCUT2D eigenvalue weighted by Gasteiger charge is -2.26. The Labute approximate surface area is 220 Å². The zero-order chi connectivity index (χ0) is 26.4. The molecule has 5 rings (SSSR count). The van der Waals surface area contributed by atoms with Gasteiger partial charge in [-0.05, 0) is 75.2 Å². The van der Waals surface area contributed by atoms with Crippen molar-refractivity contribution in [3.05, 3.63) is 99.2 Å². The first kappa shape index (κ1) is 24.7. The average Bonchev–Trinajstić information content (AvgIpc) is 3.31. The van der Waals surface area contributed by atoms with Crippen LogP contribution in [0.25, 0.3) is 16.7 Å². The molecule has 1 aliphatic rings. The van der Waals surface area contributed by atoms with Gasteiger partial charge in [-0.1, -0.05) is 35.9 Å². The van der Waals surface area contributed by atoms with E-state index in [2.05, 4.69) is 4.98 Å². The molecule has 0 saturated carbocycles. The van der Waals surface area contributed by atoms with E-state index >= 15 is 0 Å². The Morgan fingerprint density at radius 3 is 2.43 bits per heavy atom. The van der Waals surface area contributed by atoms with Gasteiger partial charge in [-0.2, -0.15) is 0 Å². The highest BCUT2D eigenvalue weighted by atomic mass is 35.5. The predicted molar refractivity (Wildman–Crippen MR) is 146 cm³/mol. The number of carbonyl (C=O) groups excluding carboxylic acids is 2. The number of carbonyl (C=O) groups is 2. The number of para-hydroxylation sites is 1. The lowest BCUT2D eigenvalue weighted by molar-refractivity contribution is -0.132. The summed E-state index contributed by atoms with van der Waals surface area (Å²) in [6.07, 6.45) is 0. The van der Waals surface area contributed by atoms with Crippen molar-refractivity contribution >= 4 is 45.6 Å². The van der Waals surface area contributed by atoms with Crippen LogP contribution in [0.15, 0.2) is 66.2 Å². The normalized spacial score (nSPS) is 17.1. The molecule has 0 radical (unpaired) electrons. The van der Waals surface area contributed by atoms with Gasteiger partial charge < -0.3 is 14.8 Å². The van der Waals surface area contributed by atoms with Crippen molar-refractivity contribution in [3.63, 3.8) is 0 Å². The summed E-state index contributed by atoms with van der Waals surface area (Å²) in [5.74, 6) is -1.33. The molecule has 1 unspecified atom stereocenters. The number of Topliss-reactive ketones (excluding diaryl/α,β-unsaturated/α-hetero) is 1. The average molecular weight is 515 g/mol. The minimum absolute atomic E-state index is 0.0208. The number of H-pyrrole nitrogens is 1. The minimum Gasteiger partial charge on any atom is -0.507 e. The first-order valence-electron chi connectivity index (χ1n) is 12.1. The molecule has 1 saturated heterocycles. The second-order valence-electron chi connectivity index (χ2n) is 9.30. The van der Waals surface area contributed by atoms with Crippen LogP contribution in [0.1, 0.15) is 40.9 Å². The summed E-state index contributed by atoms with van der Waals surface area (Å²) >= 11 is 6.48. The Balaban J connectivity index is 1.83. The van der Waals surface area contributed by atoms with Crippen LogP contribution in [0.2, 0.25) is 5.02 Å². The van der Waals surface area contributed by atoms with Gasteiger partial charge in [0.15, 0.2) is 0 Å². The Morgan fingerprint density at radius 2 is 1.73 bits per heavy atom. The van der Waals surface area contributed by atoms with Crippen molar-refractivity contribution in [1.29, 1.82) is 0 Å². The van der Waals surface area contributed by atoms with Gasteiger partial charge in [0.05, 0.1) is 23.2 Å². The number of hydrogen-bond acceptors (Lipinski definition) is 4. The minimum atomic E-state index is -0.871. The number of nitrogens with one attached hydrogen (secondary N) is 1. The second-order valence-corrected chi connectivity index (χ2v) is 9.71. The molecule has 0 spiro atoms. The highest BCUT2D eigenvalue weighted by molar-refractivity contribution is 6.52. The van der Waals surface area contributed by atoms with E-state index in [1.54, 1.807) is 18.2 Å². The molecule has 0 aliphatic carbocycles. The molecule has 37 heavy (non-hydrogen) atoms. The molecule has 2 N–H and O–H groups in total. The lowest BCUT2D eigenvalue weighted by Crippen LogP contribution is -2.29. The fourth-order valence-corrected chi connectivity index (χ4v) is 5.41. The number of hydrogen-bond donors (Lipinski definition) is 2. The molecule has 1 aliphatic heterocycles. The largest absolute Gasteiger partial charge is 0.507 e. The number of benzene rings is 3. The Kier molecular flexibility index (Phi) is 6.30. The quantitative estimate of drug-likeness (QED) is 0.175. The van der Waals surface area contributed by atoms with E-state index < -0.39 is 17.7 Å². The third-order valence-corrected chi connectivity index (χ3v) is 6.98. The number of aromatic nitrogens is 1. The molecule has 6 nitrogen and oxygen atoms in total. The van der Waals surface area contributed by atoms with Gasteiger partial charge >= 0.3 is 0 Å². The molecule has 188 valence electrons. The van der Waals surface area contributed by atoms with Crippen LogP contribution in [0.4, 0.5) is 5.69 Å². The van der Waals surface area contributed by atoms with Crippen molar-refractivity contribution in [3.8, 4) is 5.75 Å². The number of fused-ring (bicyclic) bond motifs is 1. The number of ketones is 1. The van der Waals surface area contributed by atoms with Crippen LogP contribution in [0.5, 0.6) is 5.75 Å². The number of aryl methyl sites for hydroxylation is 3. The topological polar surface area (TPSA) is 82.6 Å². The molecule has 7 heteroatoms. The summed E-state index contributed by atoms with van der Waals surface area (Å²) in [4.78, 5) is 32.1. The van der Waals surface area contributed by atoms with E-state index in [4.69, 9.17) is 16.3 Å². The molecule has 1 atom stereocenters. The fourth-order valence-electron chi connectivity index (χ4n) is 5.20. The Bertz CT molecular complexity index is 1580. The fraction of sp³-hybridized carbons (Fsp3) is 0.200. The summed E-state index contributed by atoms with van der Waals surface area (Å²) in [6, 6.07) is 17.5. The predicted octanol–water partition coefficient (Wildman–Crippen LogP) is 6.77. The van der Waals surface area contributed by atoms with Crippen LogP contribution < -0.4 is 9.64 Å². The maximum atomic E-state index is 13.7. The zero-order valence-corrected chi connectivity index (χ0v) is 21.8. The number of halogens is 1. The number of aliphatic hydroxyl groups excluding tert-OH is 1. The molecule has 1 amide bonds. The monoisotopic (exact) mass is 514 g/mol. The number of rotatable bonds is 5. The van der Waals surface area contributed by atoms with E-state index in [1.807, 2.05) is 70.2 Å². The van der Waals surface area contributed by atoms with Crippen LogP contribution in [-0.2, 0) is 9.59 Å². The van der Waals surface area contributed by atoms with Crippen molar-refractivity contribution in [2.24, 2.45) is 0 Å². The highest BCUT2D eigenvalue weighted by Gasteiger charge is 2.48. The first-order chi connectivity index (χ1) is 17.7. The van der Waals surface area contributed by atoms with Gasteiger partial charge in [-0.15, -0.1) is 0 Å². The smallest absolute Gasteiger partial charge is 0.300 e. The molecule has 4 aromatic rings. The zero-order valence-electron chi connectivity index (χ0n) is 21.1. The number of nitrogens with zero attached hydrogens (tertiary/aromatic N) is 1. The molecule has 1 aromatic heterocycles. The van der Waals surface area contributed by atoms with Crippen molar-refractivity contribution in [1.82, 2.24) is 4.98 Å². The number of anilines is 1. The standard InChI is InChI=1S/C30H27ClN2O4/c1-5-37-20-10-11-23(31)22(15-20)28(34)26-27(25-18(4)32-24-9-7-6-8-21(24)25)33(30(36)29(26)35)19-13-16(2)12-17(3)14-19/h6-15,27,32,34H,5H2,1-4H3/b28-26+. The van der Waals surface area contributed by atoms with Crippen LogP contribution in [0.3, 0.4) is 0 Å². The van der Waals surface area contributed by atoms with Crippen LogP contribution >= 0.6 is 11.6 Å². The van der Waals surface area contributed by atoms with Gasteiger partial charge in [0.1, 0.15) is 11.5 Å². The van der Waals surface area contributed by atoms with E-state index in [0.29, 0.717) is 18.0 Å². The number of ether oxygens (including phenoxy) is 1. The number of aliphatic hydroxyl groups is 1. The lowest BCUT2D eigenvalue weighted by atomic mass is 9.93. The Hall–Kier alpha value is -4.03. The maximum Gasteiger partial charge on any atom is 0.300 e. The molecule has 0 bridgehead atoms. The van der Waals surface area contributed by atoms with Gasteiger partial charge in [0.2, 0.25) is 0 Å². The Morgan fingerprint density at radius 1 is 1.03 bits per heavy atom. The third kappa shape index (κ3) is 4.17. The maximum absolute atomic E-state index is 13.7. The molecular weight excluding hydrogens is 488 g/mol. The molecule has 3 aromatic carbocycles. The SMILES string of the molecule is CCOc1ccc(Cl)c(/C(O)=C2\C(=O)C(=O)N(c3cc(C)cc(C)c3)C2c2c(C)[nH]c3ccccc23)c1. The van der Waals surface area contributed by atoms with Gasteiger partial charge in [-0.3, -0.25) is 14.5 Å². The summed E-state index contributed by atoms with van der Waals surface area (Å²) in [5, 5.41) is 12.7. The van der Waals surface area contributed by atoms with Gasteiger partial charge in [0.25, 0.3) is 11.7 Å². The first-order valence-corrected chi connectivity index (χ1v) is 12.5. The highest BCUT2D eigenvalue weighted by Crippen LogP contribution is 2.46. The summed E-state index contributed by atoms with van der Waals surface area (Å²) in [6.45, 7) is 8.06.